The highest BCUT2D eigenvalue weighted by Gasteiger charge is 2.14. The number of hydrogen-bond donors (Lipinski definition) is 2. The van der Waals surface area contributed by atoms with Crippen LogP contribution in [0.4, 0.5) is 5.82 Å². The first kappa shape index (κ1) is 13.3. The van der Waals surface area contributed by atoms with Crippen LogP contribution in [0.1, 0.15) is 9.67 Å². The molecule has 0 radical (unpaired) electrons. The Kier molecular flexibility index (Phi) is 3.40. The number of H-pyrrole nitrogens is 1. The zero-order valence-corrected chi connectivity index (χ0v) is 12.1. The molecule has 0 atom stereocenters. The van der Waals surface area contributed by atoms with Crippen molar-refractivity contribution in [3.63, 3.8) is 0 Å². The second-order valence-corrected chi connectivity index (χ2v) is 5.24. The van der Waals surface area contributed by atoms with Gasteiger partial charge in [-0.3, -0.25) is 14.6 Å². The van der Waals surface area contributed by atoms with E-state index in [0.717, 1.165) is 10.6 Å². The zero-order valence-electron chi connectivity index (χ0n) is 11.3. The fraction of sp³-hybridized carbons (Fsp3) is 0.167. The van der Waals surface area contributed by atoms with Crippen LogP contribution in [-0.4, -0.2) is 38.0 Å². The number of ether oxygens (including phenoxy) is 1. The van der Waals surface area contributed by atoms with Gasteiger partial charge < -0.3 is 10.1 Å². The van der Waals surface area contributed by atoms with Crippen molar-refractivity contribution in [3.05, 3.63) is 29.5 Å². The molecule has 3 aromatic heterocycles. The minimum absolute atomic E-state index is 0.256. The van der Waals surface area contributed by atoms with Crippen LogP contribution in [0.3, 0.4) is 0 Å². The Morgan fingerprint density at radius 3 is 3.00 bits per heavy atom. The second-order valence-electron chi connectivity index (χ2n) is 4.21. The van der Waals surface area contributed by atoms with Gasteiger partial charge in [0.25, 0.3) is 5.91 Å². The first-order chi connectivity index (χ1) is 10.2. The van der Waals surface area contributed by atoms with Crippen LogP contribution in [-0.2, 0) is 7.05 Å². The number of aryl methyl sites for hydroxylation is 1. The molecule has 0 aliphatic carbocycles. The van der Waals surface area contributed by atoms with Crippen LogP contribution < -0.4 is 10.1 Å². The summed E-state index contributed by atoms with van der Waals surface area (Å²) in [4.78, 5) is 16.9. The third-order valence-electron chi connectivity index (χ3n) is 2.69. The fourth-order valence-corrected chi connectivity index (χ4v) is 2.49. The van der Waals surface area contributed by atoms with Crippen LogP contribution in [0.25, 0.3) is 10.6 Å². The fourth-order valence-electron chi connectivity index (χ4n) is 1.70. The third kappa shape index (κ3) is 2.77. The van der Waals surface area contributed by atoms with Gasteiger partial charge in [0.15, 0.2) is 0 Å². The quantitative estimate of drug-likeness (QED) is 0.761. The molecule has 0 spiro atoms. The number of methoxy groups -OCH3 is 1. The van der Waals surface area contributed by atoms with Gasteiger partial charge >= 0.3 is 0 Å². The highest BCUT2D eigenvalue weighted by atomic mass is 32.1. The van der Waals surface area contributed by atoms with Gasteiger partial charge in [-0.2, -0.15) is 5.10 Å². The number of thiazole rings is 1. The van der Waals surface area contributed by atoms with E-state index in [1.54, 1.807) is 16.9 Å². The molecule has 2 N–H and O–H groups in total. The number of aromatic nitrogens is 5. The first-order valence-corrected chi connectivity index (χ1v) is 6.83. The number of aromatic amines is 1. The number of carbonyl (C=O) groups is 1. The van der Waals surface area contributed by atoms with Crippen molar-refractivity contribution in [1.82, 2.24) is 25.0 Å². The standard InChI is InChI=1S/C12H12N6O2S/c1-18-6-7(4-14-18)12-13-5-8(21-12)11(19)15-9-3-10(20-2)17-16-9/h3-6H,1-2H3,(H2,15,16,17,19). The Hall–Kier alpha value is -2.68. The van der Waals surface area contributed by atoms with Crippen molar-refractivity contribution in [2.75, 3.05) is 12.4 Å². The molecule has 3 heterocycles. The van der Waals surface area contributed by atoms with E-state index in [1.165, 1.54) is 24.6 Å². The van der Waals surface area contributed by atoms with E-state index < -0.39 is 0 Å². The molecule has 0 saturated carbocycles. The predicted octanol–water partition coefficient (Wildman–Crippen LogP) is 1.53. The number of carbonyl (C=O) groups excluding carboxylic acids is 1. The van der Waals surface area contributed by atoms with Gasteiger partial charge in [-0.05, 0) is 0 Å². The molecule has 3 rings (SSSR count). The lowest BCUT2D eigenvalue weighted by Gasteiger charge is -1.97. The molecular formula is C12H12N6O2S. The normalized spacial score (nSPS) is 10.6. The van der Waals surface area contributed by atoms with Gasteiger partial charge in [-0.15, -0.1) is 16.4 Å². The van der Waals surface area contributed by atoms with Crippen molar-refractivity contribution >= 4 is 23.1 Å². The van der Waals surface area contributed by atoms with Crippen molar-refractivity contribution in [2.24, 2.45) is 7.05 Å². The largest absolute Gasteiger partial charge is 0.480 e. The van der Waals surface area contributed by atoms with Crippen molar-refractivity contribution in [2.45, 2.75) is 0 Å². The number of amides is 1. The van der Waals surface area contributed by atoms with Crippen LogP contribution in [0.5, 0.6) is 5.88 Å². The molecule has 0 saturated heterocycles. The smallest absolute Gasteiger partial charge is 0.268 e. The molecule has 0 unspecified atom stereocenters. The maximum atomic E-state index is 12.1. The maximum Gasteiger partial charge on any atom is 0.268 e. The van der Waals surface area contributed by atoms with Crippen LogP contribution in [0, 0.1) is 0 Å². The third-order valence-corrected chi connectivity index (χ3v) is 3.74. The van der Waals surface area contributed by atoms with Gasteiger partial charge in [0.05, 0.1) is 19.5 Å². The second kappa shape index (κ2) is 5.37. The van der Waals surface area contributed by atoms with Crippen LogP contribution in [0.2, 0.25) is 0 Å². The molecular weight excluding hydrogens is 292 g/mol. The summed E-state index contributed by atoms with van der Waals surface area (Å²) >= 11 is 1.30. The van der Waals surface area contributed by atoms with E-state index >= 15 is 0 Å². The molecule has 1 amide bonds. The van der Waals surface area contributed by atoms with Crippen LogP contribution >= 0.6 is 11.3 Å². The molecule has 9 heteroatoms. The number of rotatable bonds is 4. The highest BCUT2D eigenvalue weighted by molar-refractivity contribution is 7.17. The number of nitrogens with one attached hydrogen (secondary N) is 2. The summed E-state index contributed by atoms with van der Waals surface area (Å²) in [5.74, 6) is 0.618. The summed E-state index contributed by atoms with van der Waals surface area (Å²) in [5.41, 5.74) is 0.879. The van der Waals surface area contributed by atoms with E-state index in [2.05, 4.69) is 25.6 Å². The van der Waals surface area contributed by atoms with Crippen LogP contribution in [0.15, 0.2) is 24.7 Å². The van der Waals surface area contributed by atoms with E-state index in [4.69, 9.17) is 4.74 Å². The zero-order chi connectivity index (χ0) is 14.8. The molecule has 8 nitrogen and oxygen atoms in total. The van der Waals surface area contributed by atoms with Crippen molar-refractivity contribution < 1.29 is 9.53 Å². The Balaban J connectivity index is 1.75. The predicted molar refractivity (Wildman–Crippen MR) is 77.4 cm³/mol. The Morgan fingerprint density at radius 1 is 1.48 bits per heavy atom. The SMILES string of the molecule is COc1cc(NC(=O)c2cnc(-c3cnn(C)c3)s2)[nH]n1. The summed E-state index contributed by atoms with van der Waals surface area (Å²) in [6.45, 7) is 0. The minimum atomic E-state index is -0.256. The average Bonchev–Trinajstić information content (AvgIpc) is 3.17. The lowest BCUT2D eigenvalue weighted by molar-refractivity contribution is 0.103. The average molecular weight is 304 g/mol. The Bertz CT molecular complexity index is 774. The first-order valence-electron chi connectivity index (χ1n) is 6.01. The van der Waals surface area contributed by atoms with Gasteiger partial charge in [-0.1, -0.05) is 0 Å². The van der Waals surface area contributed by atoms with Gasteiger partial charge in [-0.25, -0.2) is 4.98 Å². The van der Waals surface area contributed by atoms with Crippen molar-refractivity contribution in [3.8, 4) is 16.5 Å². The summed E-state index contributed by atoms with van der Waals surface area (Å²) in [6.07, 6.45) is 5.09. The Labute approximate surface area is 123 Å². The summed E-state index contributed by atoms with van der Waals surface area (Å²) in [6, 6.07) is 1.60. The monoisotopic (exact) mass is 304 g/mol. The molecule has 0 aliphatic rings. The van der Waals surface area contributed by atoms with E-state index in [0.29, 0.717) is 16.6 Å². The Morgan fingerprint density at radius 2 is 2.33 bits per heavy atom. The lowest BCUT2D eigenvalue weighted by Crippen LogP contribution is -2.10. The molecule has 0 bridgehead atoms. The van der Waals surface area contributed by atoms with Gasteiger partial charge in [0.2, 0.25) is 5.88 Å². The van der Waals surface area contributed by atoms with Crippen molar-refractivity contribution in [1.29, 1.82) is 0 Å². The van der Waals surface area contributed by atoms with E-state index in [-0.39, 0.29) is 5.91 Å². The highest BCUT2D eigenvalue weighted by Crippen LogP contribution is 2.25. The molecule has 0 aromatic carbocycles. The number of nitrogens with zero attached hydrogens (tertiary/aromatic N) is 4. The molecule has 0 aliphatic heterocycles. The summed E-state index contributed by atoms with van der Waals surface area (Å²) in [5, 5.41) is 14.0. The van der Waals surface area contributed by atoms with E-state index in [9.17, 15) is 4.79 Å². The van der Waals surface area contributed by atoms with Gasteiger partial charge in [0, 0.05) is 24.9 Å². The topological polar surface area (TPSA) is 97.7 Å². The maximum absolute atomic E-state index is 12.1. The van der Waals surface area contributed by atoms with E-state index in [1.807, 2.05) is 13.2 Å². The lowest BCUT2D eigenvalue weighted by atomic mass is 10.4. The summed E-state index contributed by atoms with van der Waals surface area (Å²) < 4.78 is 6.62. The summed E-state index contributed by atoms with van der Waals surface area (Å²) in [7, 11) is 3.33. The molecule has 3 aromatic rings. The minimum Gasteiger partial charge on any atom is -0.480 e. The molecule has 108 valence electrons. The number of hydrogen-bond acceptors (Lipinski definition) is 6. The number of anilines is 1. The van der Waals surface area contributed by atoms with Gasteiger partial charge in [0.1, 0.15) is 15.7 Å². The molecule has 0 fully saturated rings. The molecule has 21 heavy (non-hydrogen) atoms.